The van der Waals surface area contributed by atoms with Crippen LogP contribution in [0.1, 0.15) is 48.2 Å². The van der Waals surface area contributed by atoms with Gasteiger partial charge in [-0.15, -0.1) is 11.3 Å². The minimum absolute atomic E-state index is 0.222. The van der Waals surface area contributed by atoms with Crippen LogP contribution in [0.4, 0.5) is 0 Å². The summed E-state index contributed by atoms with van der Waals surface area (Å²) in [6, 6.07) is 0. The van der Waals surface area contributed by atoms with E-state index in [2.05, 4.69) is 30.4 Å². The zero-order valence-electron chi connectivity index (χ0n) is 16.3. The Kier molecular flexibility index (Phi) is 7.23. The van der Waals surface area contributed by atoms with E-state index in [9.17, 15) is 0 Å². The Morgan fingerprint density at radius 2 is 2.12 bits per heavy atom. The molecule has 0 saturated carbocycles. The molecule has 1 aromatic heterocycles. The van der Waals surface area contributed by atoms with Crippen molar-refractivity contribution in [2.24, 2.45) is 4.99 Å². The van der Waals surface area contributed by atoms with Crippen LogP contribution >= 0.6 is 23.1 Å². The van der Waals surface area contributed by atoms with E-state index < -0.39 is 0 Å². The number of aliphatic imine (C=N–C) groups is 1. The third-order valence-corrected chi connectivity index (χ3v) is 7.86. The van der Waals surface area contributed by atoms with Crippen LogP contribution in [0.25, 0.3) is 0 Å². The maximum atomic E-state index is 5.55. The molecule has 0 atom stereocenters. The van der Waals surface area contributed by atoms with Gasteiger partial charge in [-0.2, -0.15) is 11.8 Å². The van der Waals surface area contributed by atoms with Crippen LogP contribution in [0, 0.1) is 0 Å². The van der Waals surface area contributed by atoms with Gasteiger partial charge in [-0.05, 0) is 51.7 Å². The topological polar surface area (TPSA) is 49.8 Å². The predicted molar refractivity (Wildman–Crippen MR) is 113 cm³/mol. The number of aryl methyl sites for hydroxylation is 2. The van der Waals surface area contributed by atoms with E-state index in [0.717, 1.165) is 58.1 Å². The predicted octanol–water partition coefficient (Wildman–Crippen LogP) is 3.33. The average molecular weight is 397 g/mol. The van der Waals surface area contributed by atoms with Gasteiger partial charge in [-0.1, -0.05) is 0 Å². The smallest absolute Gasteiger partial charge is 0.194 e. The first-order valence-electron chi connectivity index (χ1n) is 9.75. The number of ether oxygens (including phenoxy) is 1. The number of aromatic nitrogens is 1. The van der Waals surface area contributed by atoms with Crippen molar-refractivity contribution in [3.8, 4) is 0 Å². The van der Waals surface area contributed by atoms with Crippen LogP contribution < -0.4 is 5.32 Å². The number of thiazole rings is 1. The van der Waals surface area contributed by atoms with Gasteiger partial charge in [0.15, 0.2) is 5.96 Å². The fourth-order valence-electron chi connectivity index (χ4n) is 3.61. The summed E-state index contributed by atoms with van der Waals surface area (Å²) < 4.78 is 5.77. The lowest BCUT2D eigenvalue weighted by Crippen LogP contribution is -2.41. The summed E-state index contributed by atoms with van der Waals surface area (Å²) in [5.74, 6) is 0.987. The molecular weight excluding hydrogens is 364 g/mol. The summed E-state index contributed by atoms with van der Waals surface area (Å²) in [7, 11) is 2.12. The lowest BCUT2D eigenvalue weighted by molar-refractivity contribution is 0.0793. The molecule has 1 aromatic rings. The highest BCUT2D eigenvalue weighted by atomic mass is 32.2. The van der Waals surface area contributed by atoms with Crippen molar-refractivity contribution in [2.45, 2.75) is 56.7 Å². The largest absolute Gasteiger partial charge is 0.381 e. The molecule has 1 saturated heterocycles. The molecule has 1 aliphatic carbocycles. The minimum Gasteiger partial charge on any atom is -0.381 e. The molecule has 0 amide bonds. The van der Waals surface area contributed by atoms with Gasteiger partial charge in [0, 0.05) is 36.4 Å². The maximum absolute atomic E-state index is 5.55. The van der Waals surface area contributed by atoms with Gasteiger partial charge in [-0.3, -0.25) is 4.99 Å². The lowest BCUT2D eigenvalue weighted by Gasteiger charge is -2.34. The summed E-state index contributed by atoms with van der Waals surface area (Å²) in [5, 5.41) is 4.68. The van der Waals surface area contributed by atoms with Crippen LogP contribution in [0.5, 0.6) is 0 Å². The third kappa shape index (κ3) is 4.93. The number of guanidine groups is 1. The van der Waals surface area contributed by atoms with E-state index in [0.29, 0.717) is 0 Å². The number of fused-ring (bicyclic) bond motifs is 1. The molecule has 146 valence electrons. The van der Waals surface area contributed by atoms with Crippen LogP contribution in [-0.2, 0) is 24.1 Å². The first-order valence-corrected chi connectivity index (χ1v) is 11.8. The lowest BCUT2D eigenvalue weighted by atomic mass is 9.99. The molecular formula is C19H32N4OS2. The van der Waals surface area contributed by atoms with Crippen molar-refractivity contribution in [3.63, 3.8) is 0 Å². The second-order valence-electron chi connectivity index (χ2n) is 7.21. The molecule has 0 unspecified atom stereocenters. The van der Waals surface area contributed by atoms with Gasteiger partial charge in [0.2, 0.25) is 0 Å². The highest BCUT2D eigenvalue weighted by molar-refractivity contribution is 8.00. The summed E-state index contributed by atoms with van der Waals surface area (Å²) in [5.41, 5.74) is 1.34. The van der Waals surface area contributed by atoms with Gasteiger partial charge in [0.05, 0.1) is 18.8 Å². The van der Waals surface area contributed by atoms with Gasteiger partial charge in [0.25, 0.3) is 0 Å². The highest BCUT2D eigenvalue weighted by Gasteiger charge is 2.31. The zero-order chi connectivity index (χ0) is 18.4. The maximum Gasteiger partial charge on any atom is 0.194 e. The molecule has 3 rings (SSSR count). The standard InChI is InChI=1S/C19H32N4OS2/c1-4-20-18(21-14-19(25-3)9-11-24-12-10-19)23(2)13-17-22-15-7-5-6-8-16(15)26-17/h4-14H2,1-3H3,(H,20,21). The van der Waals surface area contributed by atoms with E-state index in [4.69, 9.17) is 14.7 Å². The van der Waals surface area contributed by atoms with Gasteiger partial charge in [-0.25, -0.2) is 4.98 Å². The molecule has 2 aliphatic rings. The van der Waals surface area contributed by atoms with E-state index in [1.807, 2.05) is 23.1 Å². The van der Waals surface area contributed by atoms with Crippen LogP contribution in [-0.4, -0.2) is 60.2 Å². The summed E-state index contributed by atoms with van der Waals surface area (Å²) in [4.78, 5) is 13.6. The summed E-state index contributed by atoms with van der Waals surface area (Å²) in [6.45, 7) is 6.40. The average Bonchev–Trinajstić information content (AvgIpc) is 3.08. The molecule has 0 aromatic carbocycles. The number of nitrogens with zero attached hydrogens (tertiary/aromatic N) is 3. The number of rotatable bonds is 6. The highest BCUT2D eigenvalue weighted by Crippen LogP contribution is 2.34. The Morgan fingerprint density at radius 3 is 2.81 bits per heavy atom. The second-order valence-corrected chi connectivity index (χ2v) is 9.65. The second kappa shape index (κ2) is 9.42. The van der Waals surface area contributed by atoms with Gasteiger partial charge in [0.1, 0.15) is 5.01 Å². The molecule has 1 aliphatic heterocycles. The van der Waals surface area contributed by atoms with Crippen molar-refractivity contribution in [2.75, 3.05) is 39.6 Å². The van der Waals surface area contributed by atoms with Crippen LogP contribution in [0.15, 0.2) is 4.99 Å². The number of hydrogen-bond acceptors (Lipinski definition) is 5. The van der Waals surface area contributed by atoms with Crippen molar-refractivity contribution < 1.29 is 4.74 Å². The Bertz CT molecular complexity index is 587. The van der Waals surface area contributed by atoms with E-state index >= 15 is 0 Å². The van der Waals surface area contributed by atoms with Gasteiger partial charge >= 0.3 is 0 Å². The van der Waals surface area contributed by atoms with E-state index in [-0.39, 0.29) is 4.75 Å². The fraction of sp³-hybridized carbons (Fsp3) is 0.789. The molecule has 0 spiro atoms. The molecule has 7 heteroatoms. The van der Waals surface area contributed by atoms with Crippen LogP contribution in [0.3, 0.4) is 0 Å². The molecule has 2 heterocycles. The van der Waals surface area contributed by atoms with Crippen molar-refractivity contribution in [1.29, 1.82) is 0 Å². The molecule has 26 heavy (non-hydrogen) atoms. The zero-order valence-corrected chi connectivity index (χ0v) is 18.0. The summed E-state index contributed by atoms with van der Waals surface area (Å²) >= 11 is 3.84. The normalized spacial score (nSPS) is 19.9. The van der Waals surface area contributed by atoms with E-state index in [1.54, 1.807) is 0 Å². The molecule has 5 nitrogen and oxygen atoms in total. The molecule has 1 N–H and O–H groups in total. The first-order chi connectivity index (χ1) is 12.7. The molecule has 0 bridgehead atoms. The number of hydrogen-bond donors (Lipinski definition) is 1. The van der Waals surface area contributed by atoms with Crippen molar-refractivity contribution in [1.82, 2.24) is 15.2 Å². The molecule has 0 radical (unpaired) electrons. The third-order valence-electron chi connectivity index (χ3n) is 5.31. The Balaban J connectivity index is 1.66. The van der Waals surface area contributed by atoms with E-state index in [1.165, 1.54) is 34.8 Å². The quantitative estimate of drug-likeness (QED) is 0.590. The molecule has 1 fully saturated rings. The Hall–Kier alpha value is -0.790. The first kappa shape index (κ1) is 20.0. The van der Waals surface area contributed by atoms with Crippen molar-refractivity contribution in [3.05, 3.63) is 15.6 Å². The van der Waals surface area contributed by atoms with Crippen LogP contribution in [0.2, 0.25) is 0 Å². The Labute approximate surface area is 166 Å². The fourth-order valence-corrected chi connectivity index (χ4v) is 5.59. The van der Waals surface area contributed by atoms with Crippen molar-refractivity contribution >= 4 is 29.1 Å². The number of nitrogens with one attached hydrogen (secondary N) is 1. The summed E-state index contributed by atoms with van der Waals surface area (Å²) in [6.07, 6.45) is 9.34. The Morgan fingerprint density at radius 1 is 1.35 bits per heavy atom. The van der Waals surface area contributed by atoms with Gasteiger partial charge < -0.3 is 15.0 Å². The number of thioether (sulfide) groups is 1. The minimum atomic E-state index is 0.222. The monoisotopic (exact) mass is 396 g/mol. The SMILES string of the molecule is CCNC(=NCC1(SC)CCOCC1)N(C)Cc1nc2c(s1)CCCC2.